The summed E-state index contributed by atoms with van der Waals surface area (Å²) >= 11 is 1.07. The number of Topliss-reactive ketones (excluding diaryl/α,β-unsaturated/α-hetero) is 1. The summed E-state index contributed by atoms with van der Waals surface area (Å²) in [6.45, 7) is 0.239. The van der Waals surface area contributed by atoms with Crippen LogP contribution in [0, 0.1) is 5.92 Å². The molecule has 0 aromatic carbocycles. The molecule has 1 fully saturated rings. The van der Waals surface area contributed by atoms with E-state index in [0.717, 1.165) is 0 Å². The third kappa shape index (κ3) is 6.62. The van der Waals surface area contributed by atoms with Crippen molar-refractivity contribution in [2.24, 2.45) is 10.9 Å². The first-order chi connectivity index (χ1) is 20.5. The zero-order chi connectivity index (χ0) is 32.1. The van der Waals surface area contributed by atoms with Crippen LogP contribution in [0.1, 0.15) is 92.9 Å². The van der Waals surface area contributed by atoms with Gasteiger partial charge in [-0.3, -0.25) is 9.79 Å². The molecule has 1 saturated carbocycles. The first kappa shape index (κ1) is 33.0. The van der Waals surface area contributed by atoms with Crippen molar-refractivity contribution >= 4 is 34.2 Å². The van der Waals surface area contributed by atoms with Crippen molar-refractivity contribution in [2.75, 3.05) is 6.54 Å². The van der Waals surface area contributed by atoms with Gasteiger partial charge in [0.05, 0.1) is 9.88 Å². The summed E-state index contributed by atoms with van der Waals surface area (Å²) in [7, 11) is 0. The molecule has 1 N–H and O–H groups in total. The standard InChI is InChI=1S/C28H28F9N3O2S2/c29-26(30,31)18-13-43-24(39-18)21-22(27(32,33)34)40-23(44-21)16-6-1-5-15(9-10-16)20-19-14(7-3-11-38-20)4-2-8-17(41)12-25(19,42)28(35,36)37/h13,15-16,42H,1-12H2. The Labute approximate surface area is 254 Å². The van der Waals surface area contributed by atoms with Gasteiger partial charge in [0.2, 0.25) is 0 Å². The van der Waals surface area contributed by atoms with Gasteiger partial charge in [0.1, 0.15) is 10.8 Å². The largest absolute Gasteiger partial charge is 0.434 e. The van der Waals surface area contributed by atoms with Crippen LogP contribution in [0.3, 0.4) is 0 Å². The van der Waals surface area contributed by atoms with E-state index in [1.165, 1.54) is 0 Å². The maximum absolute atomic E-state index is 14.5. The molecule has 3 aliphatic rings. The summed E-state index contributed by atoms with van der Waals surface area (Å²) in [6, 6.07) is 0. The van der Waals surface area contributed by atoms with E-state index in [-0.39, 0.29) is 48.5 Å². The summed E-state index contributed by atoms with van der Waals surface area (Å²) in [6.07, 6.45) is -13.1. The predicted octanol–water partition coefficient (Wildman–Crippen LogP) is 8.94. The Balaban J connectivity index is 1.46. The van der Waals surface area contributed by atoms with Gasteiger partial charge in [-0.05, 0) is 51.4 Å². The summed E-state index contributed by atoms with van der Waals surface area (Å²) in [5.74, 6) is -1.76. The molecule has 2 aromatic rings. The molecule has 0 radical (unpaired) electrons. The average Bonchev–Trinajstić information content (AvgIpc) is 3.45. The fourth-order valence-corrected chi connectivity index (χ4v) is 8.52. The fraction of sp³-hybridized carbons (Fsp3) is 0.643. The summed E-state index contributed by atoms with van der Waals surface area (Å²) in [4.78, 5) is 23.6. The van der Waals surface area contributed by atoms with Crippen molar-refractivity contribution in [3.63, 3.8) is 0 Å². The quantitative estimate of drug-likeness (QED) is 0.261. The van der Waals surface area contributed by atoms with Gasteiger partial charge in [-0.15, -0.1) is 22.7 Å². The van der Waals surface area contributed by atoms with Crippen molar-refractivity contribution in [3.05, 3.63) is 32.9 Å². The monoisotopic (exact) mass is 673 g/mol. The second-order valence-electron chi connectivity index (χ2n) is 11.4. The number of ketones is 1. The number of halogens is 9. The van der Waals surface area contributed by atoms with Crippen LogP contribution >= 0.6 is 22.7 Å². The van der Waals surface area contributed by atoms with E-state index < -0.39 is 69.4 Å². The molecule has 0 amide bonds. The minimum Gasteiger partial charge on any atom is -0.376 e. The molecule has 2 aliphatic carbocycles. The highest BCUT2D eigenvalue weighted by molar-refractivity contribution is 7.21. The minimum atomic E-state index is -5.13. The topological polar surface area (TPSA) is 75.4 Å². The van der Waals surface area contributed by atoms with Crippen LogP contribution in [0.25, 0.3) is 9.88 Å². The second-order valence-corrected chi connectivity index (χ2v) is 13.3. The zero-order valence-electron chi connectivity index (χ0n) is 23.1. The second kappa shape index (κ2) is 12.1. The number of nitrogens with zero attached hydrogens (tertiary/aromatic N) is 3. The van der Waals surface area contributed by atoms with Crippen LogP contribution in [-0.2, 0) is 17.1 Å². The number of aliphatic hydroxyl groups is 1. The first-order valence-corrected chi connectivity index (χ1v) is 15.9. The van der Waals surface area contributed by atoms with Crippen molar-refractivity contribution in [3.8, 4) is 9.88 Å². The van der Waals surface area contributed by atoms with E-state index >= 15 is 0 Å². The van der Waals surface area contributed by atoms with Gasteiger partial charge >= 0.3 is 18.5 Å². The molecule has 3 unspecified atom stereocenters. The Morgan fingerprint density at radius 3 is 2.18 bits per heavy atom. The van der Waals surface area contributed by atoms with E-state index in [1.807, 2.05) is 0 Å². The lowest BCUT2D eigenvalue weighted by atomic mass is 9.73. The zero-order valence-corrected chi connectivity index (χ0v) is 24.8. The lowest BCUT2D eigenvalue weighted by Gasteiger charge is -2.37. The van der Waals surface area contributed by atoms with Gasteiger partial charge in [-0.2, -0.15) is 39.5 Å². The molecule has 0 saturated heterocycles. The Morgan fingerprint density at radius 1 is 0.841 bits per heavy atom. The van der Waals surface area contributed by atoms with E-state index in [0.29, 0.717) is 72.2 Å². The van der Waals surface area contributed by atoms with Gasteiger partial charge in [-0.25, -0.2) is 9.97 Å². The predicted molar refractivity (Wildman–Crippen MR) is 146 cm³/mol. The molecule has 242 valence electrons. The summed E-state index contributed by atoms with van der Waals surface area (Å²) < 4.78 is 125. The van der Waals surface area contributed by atoms with Crippen molar-refractivity contribution in [2.45, 2.75) is 101 Å². The molecule has 5 rings (SSSR count). The minimum absolute atomic E-state index is 0.0685. The highest BCUT2D eigenvalue weighted by atomic mass is 32.1. The molecule has 1 aliphatic heterocycles. The van der Waals surface area contributed by atoms with Gasteiger partial charge in [0.25, 0.3) is 0 Å². The highest BCUT2D eigenvalue weighted by Crippen LogP contribution is 2.49. The van der Waals surface area contributed by atoms with E-state index in [2.05, 4.69) is 15.0 Å². The third-order valence-electron chi connectivity index (χ3n) is 8.40. The molecule has 5 nitrogen and oxygen atoms in total. The summed E-state index contributed by atoms with van der Waals surface area (Å²) in [5, 5.41) is 11.5. The maximum atomic E-state index is 14.5. The van der Waals surface area contributed by atoms with Gasteiger partial charge in [0, 0.05) is 47.9 Å². The molecular weight excluding hydrogens is 645 g/mol. The van der Waals surface area contributed by atoms with Gasteiger partial charge < -0.3 is 5.11 Å². The molecule has 0 bridgehead atoms. The Morgan fingerprint density at radius 2 is 1.52 bits per heavy atom. The van der Waals surface area contributed by atoms with Crippen LogP contribution in [0.4, 0.5) is 39.5 Å². The molecular formula is C28H28F9N3O2S2. The van der Waals surface area contributed by atoms with Crippen molar-refractivity contribution in [1.82, 2.24) is 9.97 Å². The molecule has 2 aromatic heterocycles. The number of rotatable bonds is 3. The third-order valence-corrected chi connectivity index (χ3v) is 10.6. The number of alkyl halides is 9. The SMILES string of the molecule is O=C1CCCC2=C(C(C3CCCC(c4nc(C(F)(F)F)c(-c5nc(C(F)(F)F)cs5)s4)CC3)=NCCC2)C(O)(C(F)(F)F)C1. The first-order valence-electron chi connectivity index (χ1n) is 14.2. The summed E-state index contributed by atoms with van der Waals surface area (Å²) in [5.41, 5.74) is -5.77. The van der Waals surface area contributed by atoms with Crippen molar-refractivity contribution < 1.29 is 49.4 Å². The van der Waals surface area contributed by atoms with Crippen LogP contribution in [0.5, 0.6) is 0 Å². The number of hydrogen-bond acceptors (Lipinski definition) is 7. The van der Waals surface area contributed by atoms with Crippen LogP contribution in [0.2, 0.25) is 0 Å². The number of allylic oxidation sites excluding steroid dienone is 1. The van der Waals surface area contributed by atoms with Crippen molar-refractivity contribution in [1.29, 1.82) is 0 Å². The number of hydrogen-bond donors (Lipinski definition) is 1. The van der Waals surface area contributed by atoms with E-state index in [9.17, 15) is 49.4 Å². The Kier molecular flexibility index (Phi) is 9.10. The number of thiazole rings is 2. The molecule has 16 heteroatoms. The van der Waals surface area contributed by atoms with Gasteiger partial charge in [0.15, 0.2) is 17.0 Å². The molecule has 44 heavy (non-hydrogen) atoms. The van der Waals surface area contributed by atoms with Crippen LogP contribution < -0.4 is 0 Å². The number of aliphatic imine (C=N–C) groups is 1. The lowest BCUT2D eigenvalue weighted by molar-refractivity contribution is -0.243. The van der Waals surface area contributed by atoms with Gasteiger partial charge in [-0.1, -0.05) is 12.0 Å². The highest BCUT2D eigenvalue weighted by Gasteiger charge is 2.59. The maximum Gasteiger partial charge on any atom is 0.434 e. The Bertz CT molecular complexity index is 1460. The van der Waals surface area contributed by atoms with Crippen LogP contribution in [0.15, 0.2) is 21.5 Å². The molecule has 3 atom stereocenters. The lowest BCUT2D eigenvalue weighted by Crippen LogP contribution is -2.52. The van der Waals surface area contributed by atoms with Crippen LogP contribution in [-0.4, -0.2) is 44.9 Å². The Hall–Kier alpha value is -2.33. The number of carbonyl (C=O) groups excluding carboxylic acids is 1. The normalized spacial score (nSPS) is 26.4. The van der Waals surface area contributed by atoms with E-state index in [1.54, 1.807) is 0 Å². The van der Waals surface area contributed by atoms with E-state index in [4.69, 9.17) is 0 Å². The number of carbonyl (C=O) groups is 1. The smallest absolute Gasteiger partial charge is 0.376 e. The molecule has 3 heterocycles. The average molecular weight is 674 g/mol. The number of aromatic nitrogens is 2. The molecule has 0 spiro atoms. The fourth-order valence-electron chi connectivity index (χ4n) is 6.35.